The van der Waals surface area contributed by atoms with E-state index in [1.165, 1.54) is 11.3 Å². The Morgan fingerprint density at radius 3 is 2.95 bits per heavy atom. The Hall–Kier alpha value is -0.960. The molecule has 0 atom stereocenters. The molecule has 1 aromatic heterocycles. The standard InChI is InChI=1S/C16H21NO2S2/c1-12-10-14(21-13(12)6-4-5-8-18)15(19)17-7-9-20-16(2,3)11-17/h10,18H,5,7-9,11H2,1-3H3. The Balaban J connectivity index is 2.13. The van der Waals surface area contributed by atoms with Gasteiger partial charge in [-0.25, -0.2) is 0 Å². The number of carbonyl (C=O) groups excluding carboxylic acids is 1. The van der Waals surface area contributed by atoms with E-state index >= 15 is 0 Å². The monoisotopic (exact) mass is 323 g/mol. The molecule has 1 aliphatic rings. The van der Waals surface area contributed by atoms with Crippen molar-refractivity contribution in [2.24, 2.45) is 0 Å². The minimum Gasteiger partial charge on any atom is -0.395 e. The van der Waals surface area contributed by atoms with Gasteiger partial charge in [-0.05, 0) is 32.4 Å². The van der Waals surface area contributed by atoms with Gasteiger partial charge >= 0.3 is 0 Å². The first-order valence-electron chi connectivity index (χ1n) is 7.06. The topological polar surface area (TPSA) is 40.5 Å². The molecule has 1 fully saturated rings. The predicted octanol–water partition coefficient (Wildman–Crippen LogP) is 2.76. The van der Waals surface area contributed by atoms with Crippen LogP contribution in [-0.4, -0.2) is 46.1 Å². The molecule has 1 N–H and O–H groups in total. The second-order valence-electron chi connectivity index (χ2n) is 5.73. The second kappa shape index (κ2) is 6.87. The van der Waals surface area contributed by atoms with Gasteiger partial charge in [0.1, 0.15) is 0 Å². The van der Waals surface area contributed by atoms with Gasteiger partial charge in [-0.1, -0.05) is 11.8 Å². The normalized spacial score (nSPS) is 17.2. The van der Waals surface area contributed by atoms with Crippen molar-refractivity contribution in [2.75, 3.05) is 25.4 Å². The van der Waals surface area contributed by atoms with Crippen LogP contribution in [0.3, 0.4) is 0 Å². The summed E-state index contributed by atoms with van der Waals surface area (Å²) in [5.74, 6) is 7.07. The molecule has 1 aliphatic heterocycles. The summed E-state index contributed by atoms with van der Waals surface area (Å²) >= 11 is 3.38. The van der Waals surface area contributed by atoms with E-state index in [0.29, 0.717) is 6.42 Å². The number of aliphatic hydroxyl groups excluding tert-OH is 1. The van der Waals surface area contributed by atoms with Crippen molar-refractivity contribution >= 4 is 29.0 Å². The fourth-order valence-electron chi connectivity index (χ4n) is 2.26. The third kappa shape index (κ3) is 4.26. The third-order valence-electron chi connectivity index (χ3n) is 3.28. The number of thioether (sulfide) groups is 1. The summed E-state index contributed by atoms with van der Waals surface area (Å²) in [5.41, 5.74) is 1.04. The highest BCUT2D eigenvalue weighted by Gasteiger charge is 2.30. The van der Waals surface area contributed by atoms with Gasteiger partial charge in [0.15, 0.2) is 0 Å². The van der Waals surface area contributed by atoms with Crippen molar-refractivity contribution in [3.63, 3.8) is 0 Å². The molecule has 0 aromatic carbocycles. The zero-order valence-electron chi connectivity index (χ0n) is 12.7. The molecular formula is C16H21NO2S2. The maximum Gasteiger partial charge on any atom is 0.264 e. The summed E-state index contributed by atoms with van der Waals surface area (Å²) in [6.45, 7) is 8.02. The van der Waals surface area contributed by atoms with Crippen LogP contribution in [0.25, 0.3) is 0 Å². The van der Waals surface area contributed by atoms with Crippen LogP contribution in [0, 0.1) is 18.8 Å². The molecule has 0 spiro atoms. The first-order valence-corrected chi connectivity index (χ1v) is 8.86. The van der Waals surface area contributed by atoms with Crippen LogP contribution >= 0.6 is 23.1 Å². The molecule has 0 radical (unpaired) electrons. The Kier molecular flexibility index (Phi) is 5.37. The molecule has 0 aliphatic carbocycles. The van der Waals surface area contributed by atoms with Crippen LogP contribution in [0.4, 0.5) is 0 Å². The van der Waals surface area contributed by atoms with Gasteiger partial charge in [0.05, 0.1) is 16.4 Å². The lowest BCUT2D eigenvalue weighted by Crippen LogP contribution is -2.45. The fourth-order valence-corrected chi connectivity index (χ4v) is 4.38. The quantitative estimate of drug-likeness (QED) is 0.851. The number of aryl methyl sites for hydroxylation is 1. The summed E-state index contributed by atoms with van der Waals surface area (Å²) < 4.78 is 0.129. The molecule has 3 nitrogen and oxygen atoms in total. The predicted molar refractivity (Wildman–Crippen MR) is 90.1 cm³/mol. The highest BCUT2D eigenvalue weighted by Crippen LogP contribution is 2.31. The Bertz CT molecular complexity index is 581. The van der Waals surface area contributed by atoms with E-state index in [1.54, 1.807) is 0 Å². The van der Waals surface area contributed by atoms with Gasteiger partial charge in [-0.2, -0.15) is 11.8 Å². The van der Waals surface area contributed by atoms with E-state index in [4.69, 9.17) is 5.11 Å². The molecule has 0 saturated carbocycles. The number of rotatable bonds is 2. The maximum absolute atomic E-state index is 12.6. The average Bonchev–Trinajstić information content (AvgIpc) is 2.79. The number of hydrogen-bond acceptors (Lipinski definition) is 4. The van der Waals surface area contributed by atoms with Crippen LogP contribution in [0.2, 0.25) is 0 Å². The molecule has 1 saturated heterocycles. The molecule has 0 unspecified atom stereocenters. The van der Waals surface area contributed by atoms with Gasteiger partial charge in [0.2, 0.25) is 0 Å². The Morgan fingerprint density at radius 1 is 1.52 bits per heavy atom. The van der Waals surface area contributed by atoms with E-state index in [-0.39, 0.29) is 17.3 Å². The van der Waals surface area contributed by atoms with E-state index in [9.17, 15) is 4.79 Å². The Labute approximate surface area is 134 Å². The number of thiophene rings is 1. The minimum atomic E-state index is 0.0732. The van der Waals surface area contributed by atoms with Gasteiger partial charge in [0, 0.05) is 30.0 Å². The van der Waals surface area contributed by atoms with Crippen LogP contribution in [0.1, 0.15) is 40.4 Å². The van der Waals surface area contributed by atoms with Gasteiger partial charge in [-0.15, -0.1) is 11.3 Å². The van der Waals surface area contributed by atoms with Crippen molar-refractivity contribution in [2.45, 2.75) is 31.9 Å². The first kappa shape index (κ1) is 16.4. The second-order valence-corrected chi connectivity index (χ2v) is 8.59. The van der Waals surface area contributed by atoms with Crippen LogP contribution in [0.15, 0.2) is 6.07 Å². The van der Waals surface area contributed by atoms with Crippen LogP contribution in [0.5, 0.6) is 0 Å². The fraction of sp³-hybridized carbons (Fsp3) is 0.562. The SMILES string of the molecule is Cc1cc(C(=O)N2CCSC(C)(C)C2)sc1C#CCCO. The number of hydrogen-bond donors (Lipinski definition) is 1. The molecule has 21 heavy (non-hydrogen) atoms. The lowest BCUT2D eigenvalue weighted by molar-refractivity contribution is 0.0753. The van der Waals surface area contributed by atoms with Crippen LogP contribution in [-0.2, 0) is 0 Å². The van der Waals surface area contributed by atoms with Crippen LogP contribution < -0.4 is 0 Å². The molecular weight excluding hydrogens is 302 g/mol. The first-order chi connectivity index (χ1) is 9.93. The molecule has 1 aromatic rings. The third-order valence-corrected chi connectivity index (χ3v) is 5.72. The summed E-state index contributed by atoms with van der Waals surface area (Å²) in [6.07, 6.45) is 0.470. The number of amides is 1. The molecule has 114 valence electrons. The molecule has 0 bridgehead atoms. The van der Waals surface area contributed by atoms with Gasteiger partial charge < -0.3 is 10.0 Å². The van der Waals surface area contributed by atoms with E-state index < -0.39 is 0 Å². The van der Waals surface area contributed by atoms with E-state index in [1.807, 2.05) is 29.7 Å². The summed E-state index contributed by atoms with van der Waals surface area (Å²) in [6, 6.07) is 1.94. The largest absolute Gasteiger partial charge is 0.395 e. The Morgan fingerprint density at radius 2 is 2.29 bits per heavy atom. The summed E-state index contributed by atoms with van der Waals surface area (Å²) in [7, 11) is 0. The summed E-state index contributed by atoms with van der Waals surface area (Å²) in [4.78, 5) is 16.3. The molecule has 5 heteroatoms. The number of carbonyl (C=O) groups is 1. The zero-order chi connectivity index (χ0) is 15.5. The van der Waals surface area contributed by atoms with Crippen molar-refractivity contribution in [3.05, 3.63) is 21.4 Å². The van der Waals surface area contributed by atoms with Crippen molar-refractivity contribution in [1.29, 1.82) is 0 Å². The maximum atomic E-state index is 12.6. The minimum absolute atomic E-state index is 0.0732. The smallest absolute Gasteiger partial charge is 0.264 e. The van der Waals surface area contributed by atoms with Crippen molar-refractivity contribution < 1.29 is 9.90 Å². The van der Waals surface area contributed by atoms with Gasteiger partial charge in [-0.3, -0.25) is 4.79 Å². The van der Waals surface area contributed by atoms with Crippen molar-refractivity contribution in [3.8, 4) is 11.8 Å². The lowest BCUT2D eigenvalue weighted by atomic mass is 10.1. The lowest BCUT2D eigenvalue weighted by Gasteiger charge is -2.37. The molecule has 2 heterocycles. The summed E-state index contributed by atoms with van der Waals surface area (Å²) in [5, 5.41) is 8.76. The van der Waals surface area contributed by atoms with Crippen molar-refractivity contribution in [1.82, 2.24) is 4.90 Å². The molecule has 1 amide bonds. The average molecular weight is 323 g/mol. The molecule has 2 rings (SSSR count). The number of nitrogens with zero attached hydrogens (tertiary/aromatic N) is 1. The highest BCUT2D eigenvalue weighted by molar-refractivity contribution is 8.00. The van der Waals surface area contributed by atoms with Gasteiger partial charge in [0.25, 0.3) is 5.91 Å². The number of aliphatic hydroxyl groups is 1. The zero-order valence-corrected chi connectivity index (χ0v) is 14.4. The highest BCUT2D eigenvalue weighted by atomic mass is 32.2. The van der Waals surface area contributed by atoms with E-state index in [0.717, 1.165) is 34.2 Å². The van der Waals surface area contributed by atoms with E-state index in [2.05, 4.69) is 25.7 Å².